The molecule has 0 fully saturated rings. The van der Waals surface area contributed by atoms with Gasteiger partial charge in [-0.25, -0.2) is 10.5 Å². The molecule has 8 aromatic rings. The number of azo groups is 4. The fraction of sp³-hybridized carbons (Fsp3) is 0. The summed E-state index contributed by atoms with van der Waals surface area (Å²) < 4.78 is 139. The van der Waals surface area contributed by atoms with Crippen molar-refractivity contribution in [2.45, 2.75) is 24.5 Å². The molecule has 0 bridgehead atoms. The van der Waals surface area contributed by atoms with Gasteiger partial charge in [-0.3, -0.25) is 33.9 Å². The van der Waals surface area contributed by atoms with E-state index in [9.17, 15) is 74.5 Å². The molecule has 10 N–H and O–H groups in total. The normalized spacial score (nSPS) is 12.3. The molecule has 8 rings (SSSR count). The number of phenols is 3. The van der Waals surface area contributed by atoms with Crippen molar-refractivity contribution in [1.29, 1.82) is 0 Å². The first-order valence-corrected chi connectivity index (χ1v) is 28.2. The highest BCUT2D eigenvalue weighted by molar-refractivity contribution is 7.95. The summed E-state index contributed by atoms with van der Waals surface area (Å²) >= 11 is 0.529. The number of hydrogen-bond donors (Lipinski definition) is 9. The molecule has 0 spiro atoms. The number of non-ortho nitro benzene ring substituents is 2. The Balaban J connectivity index is 0.00000245. The van der Waals surface area contributed by atoms with Crippen LogP contribution in [0.5, 0.6) is 17.2 Å². The van der Waals surface area contributed by atoms with Crippen molar-refractivity contribution in [1.82, 2.24) is 0 Å². The second kappa shape index (κ2) is 25.5. The Labute approximate surface area is 475 Å². The number of nitro benzene ring substituents is 2. The zero-order valence-corrected chi connectivity index (χ0v) is 45.2. The van der Waals surface area contributed by atoms with Crippen molar-refractivity contribution in [3.05, 3.63) is 123 Å². The summed E-state index contributed by atoms with van der Waals surface area (Å²) in [6.45, 7) is 0. The number of aromatic hydroxyl groups is 3. The second-order valence-electron chi connectivity index (χ2n) is 15.8. The Morgan fingerprint density at radius 1 is 0.476 bits per heavy atom. The quantitative estimate of drug-likeness (QED) is 0.00690. The van der Waals surface area contributed by atoms with E-state index >= 15 is 0 Å². The second-order valence-corrected chi connectivity index (χ2v) is 21.9. The number of benzene rings is 8. The van der Waals surface area contributed by atoms with Gasteiger partial charge < -0.3 is 21.1 Å². The van der Waals surface area contributed by atoms with Gasteiger partial charge in [-0.05, 0) is 89.0 Å². The lowest BCUT2D eigenvalue weighted by Gasteiger charge is -2.12. The molecule has 0 saturated carbocycles. The molecule has 0 aromatic heterocycles. The van der Waals surface area contributed by atoms with E-state index in [0.717, 1.165) is 48.5 Å². The average Bonchev–Trinajstić information content (AvgIpc) is 1.50. The van der Waals surface area contributed by atoms with Crippen LogP contribution in [0.4, 0.5) is 62.6 Å². The maximum absolute atomic E-state index is 12.7. The zero-order valence-electron chi connectivity index (χ0n) is 40.3. The van der Waals surface area contributed by atoms with Gasteiger partial charge in [0.05, 0.1) is 66.2 Å². The van der Waals surface area contributed by atoms with Crippen molar-refractivity contribution in [2.75, 3.05) is 5.73 Å². The smallest absolute Gasteiger partial charge is 0.425 e. The monoisotopic (exact) mass is 1280 g/mol. The van der Waals surface area contributed by atoms with Crippen molar-refractivity contribution in [2.24, 2.45) is 40.9 Å². The Hall–Kier alpha value is -9.25. The average molecular weight is 1280 g/mol. The lowest BCUT2D eigenvalue weighted by molar-refractivity contribution is -0.432. The standard InChI is InChI=1S/C42H27N11O22S5.O3S/c43-36-35-18(1-8-29(42(35)56)48-44-21-2-6-25-19(11-21)13-31(77-75-73-62)37(40(25)54)49-47-28-10-5-24(53(59)60)17-32(28)78(63,64)65)14-33(79(66,67)68)38(36)50-45-22-3-7-26-20(12-22)15-34(80(69,70)71)39(41(26)55)51-46-27-9-4-23(52(57)58)16-30(27)76-74-72-61;1-4(2)3/h1-17,54-56,61-62H,43H2,(H,63,64,65)(H,66,67,68)(H,69,70,71);. The van der Waals surface area contributed by atoms with Gasteiger partial charge in [0.2, 0.25) is 0 Å². The van der Waals surface area contributed by atoms with Gasteiger partial charge in [0, 0.05) is 35.0 Å². The number of nitrogen functional groups attached to an aromatic ring is 1. The van der Waals surface area contributed by atoms with Crippen LogP contribution in [0.15, 0.2) is 169 Å². The van der Waals surface area contributed by atoms with E-state index in [1.165, 1.54) is 48.5 Å². The number of nitro groups is 2. The van der Waals surface area contributed by atoms with Crippen molar-refractivity contribution in [3.8, 4) is 17.2 Å². The van der Waals surface area contributed by atoms with Gasteiger partial charge in [0.1, 0.15) is 48.8 Å². The number of nitrogens with two attached hydrogens (primary N) is 1. The number of anilines is 1. The van der Waals surface area contributed by atoms with Crippen molar-refractivity contribution in [3.63, 3.8) is 0 Å². The summed E-state index contributed by atoms with van der Waals surface area (Å²) in [5, 5.41) is 112. The Kier molecular flexibility index (Phi) is 18.9. The first-order chi connectivity index (χ1) is 39.5. The SMILES string of the molecule is Nc1c(N=Nc2ccc3c(O)c(N=Nc4ccc([N+](=O)[O-])cc4SOOO)c(S(=O)(=O)O)cc3c2)c(S(=O)(=O)O)cc2ccc(N=Nc3ccc4c(O)c(N=Nc5ccc([N+](=O)[O-])cc5S(=O)(=O)O)c(SOOO)cc4c3)c(O)c12.O=S(=O)=O. The minimum atomic E-state index is -5.22. The van der Waals surface area contributed by atoms with Crippen LogP contribution >= 0.6 is 24.1 Å². The van der Waals surface area contributed by atoms with E-state index in [1.807, 2.05) is 0 Å². The maximum atomic E-state index is 12.7. The summed E-state index contributed by atoms with van der Waals surface area (Å²) in [6.07, 6.45) is 0. The van der Waals surface area contributed by atoms with E-state index in [0.29, 0.717) is 6.07 Å². The van der Waals surface area contributed by atoms with Crippen LogP contribution in [0.25, 0.3) is 32.3 Å². The van der Waals surface area contributed by atoms with E-state index in [1.54, 1.807) is 0 Å². The lowest BCUT2D eigenvalue weighted by Crippen LogP contribution is -2.01. The molecule has 0 atom stereocenters. The Morgan fingerprint density at radius 2 is 0.917 bits per heavy atom. The lowest BCUT2D eigenvalue weighted by atomic mass is 10.1. The molecule has 84 heavy (non-hydrogen) atoms. The maximum Gasteiger partial charge on any atom is 0.425 e. The molecule has 0 saturated heterocycles. The summed E-state index contributed by atoms with van der Waals surface area (Å²) in [7, 11) is -18.6. The van der Waals surface area contributed by atoms with Gasteiger partial charge >= 0.3 is 10.6 Å². The van der Waals surface area contributed by atoms with Gasteiger partial charge in [0.25, 0.3) is 41.7 Å². The van der Waals surface area contributed by atoms with Crippen LogP contribution in [-0.4, -0.2) is 87.2 Å². The number of phenolic OH excluding ortho intramolecular Hbond substituents is 3. The third kappa shape index (κ3) is 14.3. The van der Waals surface area contributed by atoms with Gasteiger partial charge in [-0.2, -0.15) is 35.5 Å². The zero-order chi connectivity index (χ0) is 61.6. The summed E-state index contributed by atoms with van der Waals surface area (Å²) in [4.78, 5) is 17.6. The molecule has 436 valence electrons. The van der Waals surface area contributed by atoms with E-state index in [4.69, 9.17) is 28.9 Å². The van der Waals surface area contributed by atoms with E-state index in [2.05, 4.69) is 59.7 Å². The fourth-order valence-electron chi connectivity index (χ4n) is 7.30. The molecular formula is C42H27N11O25S6. The highest BCUT2D eigenvalue weighted by atomic mass is 32.2. The van der Waals surface area contributed by atoms with Crippen LogP contribution in [0.2, 0.25) is 0 Å². The molecule has 8 aromatic carbocycles. The summed E-state index contributed by atoms with van der Waals surface area (Å²) in [5.41, 5.74) is 1.55. The van der Waals surface area contributed by atoms with E-state index < -0.39 is 123 Å². The summed E-state index contributed by atoms with van der Waals surface area (Å²) in [6, 6.07) is 18.3. The number of fused-ring (bicyclic) bond motifs is 3. The van der Waals surface area contributed by atoms with Crippen LogP contribution in [0.1, 0.15) is 0 Å². The van der Waals surface area contributed by atoms with Crippen molar-refractivity contribution >= 4 is 160 Å². The fourth-order valence-corrected chi connectivity index (χ4v) is 10.2. The Morgan fingerprint density at radius 3 is 1.48 bits per heavy atom. The van der Waals surface area contributed by atoms with E-state index in [-0.39, 0.29) is 88.9 Å². The van der Waals surface area contributed by atoms with Crippen LogP contribution in [0.3, 0.4) is 0 Å². The number of nitrogens with zero attached hydrogens (tertiary/aromatic N) is 10. The van der Waals surface area contributed by atoms with Crippen LogP contribution < -0.4 is 5.73 Å². The molecular weight excluding hydrogens is 1250 g/mol. The molecule has 0 unspecified atom stereocenters. The molecule has 0 amide bonds. The molecule has 0 aliphatic heterocycles. The number of rotatable bonds is 19. The minimum Gasteiger partial charge on any atom is -0.505 e. The van der Waals surface area contributed by atoms with Crippen molar-refractivity contribution < 1.29 is 106 Å². The van der Waals surface area contributed by atoms with Gasteiger partial charge in [-0.15, -0.1) is 52.0 Å². The largest absolute Gasteiger partial charge is 0.505 e. The third-order valence-corrected chi connectivity index (χ3v) is 14.7. The number of hydrogen-bond acceptors (Lipinski definition) is 33. The predicted molar refractivity (Wildman–Crippen MR) is 285 cm³/mol. The molecule has 42 heteroatoms. The molecule has 0 radical (unpaired) electrons. The first-order valence-electron chi connectivity index (χ1n) is 21.4. The van der Waals surface area contributed by atoms with Crippen LogP contribution in [0, 0.1) is 20.2 Å². The Bertz CT molecular complexity index is 4650. The van der Waals surface area contributed by atoms with Gasteiger partial charge in [0.15, 0.2) is 17.2 Å². The third-order valence-electron chi connectivity index (χ3n) is 10.8. The molecule has 0 aliphatic carbocycles. The first kappa shape index (κ1) is 62.4. The topological polar surface area (TPSA) is 564 Å². The molecule has 36 nitrogen and oxygen atoms in total. The van der Waals surface area contributed by atoms with Crippen LogP contribution in [-0.2, 0) is 59.7 Å². The highest BCUT2D eigenvalue weighted by Crippen LogP contribution is 2.49. The molecule has 0 heterocycles. The van der Waals surface area contributed by atoms with Gasteiger partial charge in [-0.1, -0.05) is 16.1 Å². The summed E-state index contributed by atoms with van der Waals surface area (Å²) in [5.74, 6) is -2.17. The predicted octanol–water partition coefficient (Wildman–Crippen LogP) is 10.9. The minimum absolute atomic E-state index is 0.0544. The molecule has 0 aliphatic rings. The highest BCUT2D eigenvalue weighted by Gasteiger charge is 2.27.